The number of aliphatic imine (C=N–C) groups is 1. The maximum Gasteiger partial charge on any atom is 0.328 e. The minimum atomic E-state index is -1.01. The summed E-state index contributed by atoms with van der Waals surface area (Å²) in [4.78, 5) is 25.4. The third-order valence-electron chi connectivity index (χ3n) is 1.98. The van der Waals surface area contributed by atoms with Crippen LogP contribution in [0.5, 0.6) is 0 Å². The Hall–Kier alpha value is -1.65. The van der Waals surface area contributed by atoms with E-state index in [4.69, 9.17) is 10.8 Å². The first-order valence-electron chi connectivity index (χ1n) is 5.27. The Bertz CT molecular complexity index is 308. The van der Waals surface area contributed by atoms with Crippen molar-refractivity contribution in [2.24, 2.45) is 10.7 Å². The minimum absolute atomic E-state index is 0.495. The first-order valence-corrected chi connectivity index (χ1v) is 5.27. The molecule has 0 saturated heterocycles. The molecule has 3 N–H and O–H groups in total. The second-order valence-corrected chi connectivity index (χ2v) is 3.41. The third kappa shape index (κ3) is 5.95. The highest BCUT2D eigenvalue weighted by atomic mass is 16.4. The predicted molar refractivity (Wildman–Crippen MR) is 62.4 cm³/mol. The van der Waals surface area contributed by atoms with E-state index in [1.54, 1.807) is 6.92 Å². The zero-order chi connectivity index (χ0) is 12.6. The Labute approximate surface area is 95.1 Å². The van der Waals surface area contributed by atoms with Crippen LogP contribution in [0, 0.1) is 0 Å². The summed E-state index contributed by atoms with van der Waals surface area (Å²) in [6.45, 7) is 3.74. The van der Waals surface area contributed by atoms with E-state index in [1.807, 2.05) is 6.92 Å². The molecule has 0 aliphatic rings. The number of nitrogens with zero attached hydrogens (tertiary/aromatic N) is 1. The molecule has 0 unspecified atom stereocenters. The second-order valence-electron chi connectivity index (χ2n) is 3.41. The van der Waals surface area contributed by atoms with E-state index in [-0.39, 0.29) is 0 Å². The Morgan fingerprint density at radius 2 is 2.06 bits per heavy atom. The highest BCUT2D eigenvalue weighted by molar-refractivity contribution is 5.91. The number of amides is 1. The quantitative estimate of drug-likeness (QED) is 0.503. The highest BCUT2D eigenvalue weighted by Crippen LogP contribution is 2.04. The molecule has 0 heterocycles. The third-order valence-corrected chi connectivity index (χ3v) is 1.98. The number of carbonyl (C=O) groups is 2. The van der Waals surface area contributed by atoms with Gasteiger partial charge in [-0.2, -0.15) is 0 Å². The van der Waals surface area contributed by atoms with Crippen molar-refractivity contribution in [2.75, 3.05) is 0 Å². The topological polar surface area (TPSA) is 92.8 Å². The van der Waals surface area contributed by atoms with Crippen LogP contribution in [0.1, 0.15) is 33.1 Å². The number of primary amides is 1. The molecule has 1 atom stereocenters. The summed E-state index contributed by atoms with van der Waals surface area (Å²) in [5.74, 6) is -1.51. The van der Waals surface area contributed by atoms with Crippen LogP contribution in [0.3, 0.4) is 0 Å². The number of aliphatic carboxylic acids is 1. The fourth-order valence-electron chi connectivity index (χ4n) is 1.19. The van der Waals surface area contributed by atoms with Gasteiger partial charge in [-0.05, 0) is 18.4 Å². The number of hydrogen-bond donors (Lipinski definition) is 2. The van der Waals surface area contributed by atoms with Crippen molar-refractivity contribution in [2.45, 2.75) is 39.2 Å². The smallest absolute Gasteiger partial charge is 0.328 e. The molecule has 5 nitrogen and oxygen atoms in total. The van der Waals surface area contributed by atoms with Gasteiger partial charge < -0.3 is 10.8 Å². The molecule has 0 aromatic heterocycles. The molecule has 0 aliphatic heterocycles. The van der Waals surface area contributed by atoms with Crippen molar-refractivity contribution < 1.29 is 14.7 Å². The van der Waals surface area contributed by atoms with E-state index in [0.29, 0.717) is 18.4 Å². The molecule has 0 aromatic rings. The summed E-state index contributed by atoms with van der Waals surface area (Å²) in [7, 11) is 0. The van der Waals surface area contributed by atoms with E-state index in [1.165, 1.54) is 6.21 Å². The summed E-state index contributed by atoms with van der Waals surface area (Å²) >= 11 is 0. The van der Waals surface area contributed by atoms with Crippen LogP contribution >= 0.6 is 0 Å². The van der Waals surface area contributed by atoms with E-state index < -0.39 is 17.9 Å². The lowest BCUT2D eigenvalue weighted by molar-refractivity contribution is -0.131. The maximum absolute atomic E-state index is 10.9. The van der Waals surface area contributed by atoms with Gasteiger partial charge in [0, 0.05) is 12.3 Å². The fraction of sp³-hybridized carbons (Fsp3) is 0.545. The van der Waals surface area contributed by atoms with Gasteiger partial charge in [-0.15, -0.1) is 0 Å². The molecule has 1 amide bonds. The van der Waals surface area contributed by atoms with Crippen LogP contribution in [0.25, 0.3) is 0 Å². The Balaban J connectivity index is 4.66. The van der Waals surface area contributed by atoms with Gasteiger partial charge in [0.05, 0.1) is 0 Å². The first kappa shape index (κ1) is 14.3. The Morgan fingerprint density at radius 1 is 1.44 bits per heavy atom. The zero-order valence-corrected chi connectivity index (χ0v) is 9.64. The van der Waals surface area contributed by atoms with Gasteiger partial charge in [0.15, 0.2) is 0 Å². The first-order chi connectivity index (χ1) is 7.51. The molecule has 0 fully saturated rings. The Morgan fingerprint density at radius 3 is 2.44 bits per heavy atom. The van der Waals surface area contributed by atoms with Crippen LogP contribution < -0.4 is 5.73 Å². The van der Waals surface area contributed by atoms with Crippen LogP contribution in [-0.4, -0.2) is 29.2 Å². The lowest BCUT2D eigenvalue weighted by Crippen LogP contribution is -2.26. The number of carboxylic acids is 1. The molecule has 0 bridgehead atoms. The van der Waals surface area contributed by atoms with Crippen molar-refractivity contribution in [3.05, 3.63) is 11.6 Å². The summed E-state index contributed by atoms with van der Waals surface area (Å²) in [6.07, 6.45) is 4.47. The molecule has 0 spiro atoms. The highest BCUT2D eigenvalue weighted by Gasteiger charge is 2.09. The normalized spacial score (nSPS) is 14.0. The van der Waals surface area contributed by atoms with Gasteiger partial charge in [-0.3, -0.25) is 9.79 Å². The van der Waals surface area contributed by atoms with Crippen LogP contribution in [0.15, 0.2) is 16.6 Å². The van der Waals surface area contributed by atoms with Gasteiger partial charge in [-0.25, -0.2) is 4.79 Å². The summed E-state index contributed by atoms with van der Waals surface area (Å²) in [5, 5.41) is 8.61. The average molecular weight is 226 g/mol. The van der Waals surface area contributed by atoms with E-state index in [9.17, 15) is 9.59 Å². The minimum Gasteiger partial charge on any atom is -0.478 e. The zero-order valence-electron chi connectivity index (χ0n) is 9.64. The van der Waals surface area contributed by atoms with Crippen molar-refractivity contribution in [1.82, 2.24) is 0 Å². The molecule has 0 aromatic carbocycles. The molecule has 0 saturated carbocycles. The SMILES string of the molecule is CCCC(C=N[C@@H](CC)C(N)=O)=CC(=O)O. The average Bonchev–Trinajstić information content (AvgIpc) is 2.17. The van der Waals surface area contributed by atoms with Crippen LogP contribution in [0.2, 0.25) is 0 Å². The molecule has 0 radical (unpaired) electrons. The monoisotopic (exact) mass is 226 g/mol. The van der Waals surface area contributed by atoms with Gasteiger partial charge >= 0.3 is 5.97 Å². The van der Waals surface area contributed by atoms with E-state index >= 15 is 0 Å². The van der Waals surface area contributed by atoms with Gasteiger partial charge in [0.2, 0.25) is 5.91 Å². The lowest BCUT2D eigenvalue weighted by Gasteiger charge is -2.04. The summed E-state index contributed by atoms with van der Waals surface area (Å²) in [5.41, 5.74) is 5.71. The summed E-state index contributed by atoms with van der Waals surface area (Å²) in [6, 6.07) is -0.575. The molecule has 5 heteroatoms. The standard InChI is InChI=1S/C11H18N2O3/c1-3-5-8(6-10(14)15)7-13-9(4-2)11(12)16/h6-7,9H,3-5H2,1-2H3,(H2,12,16)(H,14,15)/t9-/m0/s1. The number of carboxylic acid groups (broad SMARTS) is 1. The number of allylic oxidation sites excluding steroid dienone is 1. The van der Waals surface area contributed by atoms with Gasteiger partial charge in [-0.1, -0.05) is 20.3 Å². The van der Waals surface area contributed by atoms with E-state index in [2.05, 4.69) is 4.99 Å². The number of rotatable bonds is 7. The second kappa shape index (κ2) is 7.62. The van der Waals surface area contributed by atoms with Gasteiger partial charge in [0.25, 0.3) is 0 Å². The molecular formula is C11H18N2O3. The predicted octanol–water partition coefficient (Wildman–Crippen LogP) is 1.13. The van der Waals surface area contributed by atoms with Crippen molar-refractivity contribution in [3.63, 3.8) is 0 Å². The summed E-state index contributed by atoms with van der Waals surface area (Å²) < 4.78 is 0. The number of hydrogen-bond acceptors (Lipinski definition) is 3. The fourth-order valence-corrected chi connectivity index (χ4v) is 1.19. The number of carbonyl (C=O) groups excluding carboxylic acids is 1. The molecule has 0 aliphatic carbocycles. The molecule has 16 heavy (non-hydrogen) atoms. The van der Waals surface area contributed by atoms with Crippen LogP contribution in [-0.2, 0) is 9.59 Å². The molecule has 90 valence electrons. The van der Waals surface area contributed by atoms with E-state index in [0.717, 1.165) is 12.5 Å². The van der Waals surface area contributed by atoms with Gasteiger partial charge in [0.1, 0.15) is 6.04 Å². The Kier molecular flexibility index (Phi) is 6.83. The maximum atomic E-state index is 10.9. The van der Waals surface area contributed by atoms with Crippen molar-refractivity contribution >= 4 is 18.1 Å². The van der Waals surface area contributed by atoms with Crippen molar-refractivity contribution in [1.29, 1.82) is 0 Å². The van der Waals surface area contributed by atoms with Crippen LogP contribution in [0.4, 0.5) is 0 Å². The van der Waals surface area contributed by atoms with Crippen molar-refractivity contribution in [3.8, 4) is 0 Å². The molecule has 0 rings (SSSR count). The largest absolute Gasteiger partial charge is 0.478 e. The molecular weight excluding hydrogens is 208 g/mol. The number of nitrogens with two attached hydrogens (primary N) is 1. The lowest BCUT2D eigenvalue weighted by atomic mass is 10.1.